The van der Waals surface area contributed by atoms with Crippen LogP contribution in [0.1, 0.15) is 82.2 Å². The van der Waals surface area contributed by atoms with Gasteiger partial charge in [0, 0.05) is 42.2 Å². The van der Waals surface area contributed by atoms with Gasteiger partial charge in [-0.3, -0.25) is 39.0 Å². The Kier molecular flexibility index (Phi) is 22.1. The minimum absolute atomic E-state index is 0.0313. The number of carboxylic acid groups (broad SMARTS) is 2. The smallest absolute Gasteiger partial charge is 0.490 e. The van der Waals surface area contributed by atoms with Crippen LogP contribution in [0.25, 0.3) is 11.1 Å². The van der Waals surface area contributed by atoms with E-state index >= 15 is 24.0 Å². The number of fused-ring (bicyclic) bond motifs is 14. The van der Waals surface area contributed by atoms with Crippen LogP contribution in [0.4, 0.5) is 13.2 Å². The fourth-order valence-electron chi connectivity index (χ4n) is 12.4. The number of phenols is 6. The van der Waals surface area contributed by atoms with E-state index in [9.17, 15) is 78.6 Å². The topological polar surface area (TPSA) is 568 Å². The second kappa shape index (κ2) is 31.1. The first-order valence-electron chi connectivity index (χ1n) is 32.0. The molecule has 40 heteroatoms. The molecular formula is C69H61Cl2F3N10O25. The fourth-order valence-corrected chi connectivity index (χ4v) is 12.9. The van der Waals surface area contributed by atoms with Crippen molar-refractivity contribution in [1.82, 2.24) is 42.5 Å². The zero-order chi connectivity index (χ0) is 79.1. The highest BCUT2D eigenvalue weighted by Gasteiger charge is 2.50. The molecule has 572 valence electrons. The summed E-state index contributed by atoms with van der Waals surface area (Å²) in [7, 11) is 0. The minimum Gasteiger partial charge on any atom is -0.508 e. The van der Waals surface area contributed by atoms with Crippen molar-refractivity contribution >= 4 is 82.5 Å². The van der Waals surface area contributed by atoms with Gasteiger partial charge in [-0.2, -0.15) is 13.2 Å². The number of hydrogen-bond acceptors (Lipinski definition) is 24. The molecule has 0 unspecified atom stereocenters. The normalized spacial score (nSPS) is 23.9. The minimum atomic E-state index is -5.08. The number of nitrogens with two attached hydrogens (primary N) is 1. The van der Waals surface area contributed by atoms with Crippen LogP contribution in [-0.4, -0.2) is 171 Å². The molecule has 14 rings (SSSR count). The number of aliphatic hydroxyl groups excluding tert-OH is 3. The molecule has 35 nitrogen and oxygen atoms in total. The Morgan fingerprint density at radius 1 is 0.596 bits per heavy atom. The van der Waals surface area contributed by atoms with Crippen LogP contribution in [0, 0.1) is 5.41 Å². The van der Waals surface area contributed by atoms with Crippen molar-refractivity contribution in [3.8, 4) is 80.1 Å². The third kappa shape index (κ3) is 16.7. The highest BCUT2D eigenvalue weighted by Crippen LogP contribution is 2.49. The molecule has 7 heterocycles. The summed E-state index contributed by atoms with van der Waals surface area (Å²) < 4.78 is 62.9. The van der Waals surface area contributed by atoms with Gasteiger partial charge in [-0.05, 0) is 112 Å². The number of ether oxygens (including phenoxy) is 5. The van der Waals surface area contributed by atoms with E-state index in [2.05, 4.69) is 42.5 Å². The van der Waals surface area contributed by atoms with Gasteiger partial charge in [0.05, 0.1) is 16.7 Å². The SMILES string of the molecule is CC(=O)N[C@H]1[C@H](O[C@@H]2c3ccc(c(Cl)c3)Oc3cc4cc(c3O)Oc3ccc(cc3Cl)C[C@@H]3NC(=O)[C@H](NC(=N)N)c5ccc(O)c(c5)Oc5cc(O)cc(c5)[C@H](NC3=O)C(=O)N[C@H]4C(=O)N[C@H]3C(=O)N[C@@H]2C(=O)N[C@@H](C(=O)O)c2cc(O)cc(O)c2-c2cc3ccc2O)O[C@H](CO)[C@@H](O)[C@@H]1O.O=C(O)C(F)(F)F. The zero-order valence-electron chi connectivity index (χ0n) is 55.5. The van der Waals surface area contributed by atoms with Crippen LogP contribution in [0.3, 0.4) is 0 Å². The van der Waals surface area contributed by atoms with Crippen LogP contribution >= 0.6 is 23.2 Å². The van der Waals surface area contributed by atoms with E-state index in [4.69, 9.17) is 67.9 Å². The lowest BCUT2D eigenvalue weighted by atomic mass is 9.89. The number of rotatable bonds is 6. The van der Waals surface area contributed by atoms with Crippen LogP contribution in [0.5, 0.6) is 69.0 Å². The number of aromatic hydroxyl groups is 6. The molecule has 1 saturated heterocycles. The van der Waals surface area contributed by atoms with E-state index in [0.717, 1.165) is 85.8 Å². The maximum absolute atomic E-state index is 16.1. The number of carbonyl (C=O) groups is 9. The van der Waals surface area contributed by atoms with Gasteiger partial charge in [0.2, 0.25) is 47.1 Å². The Labute approximate surface area is 619 Å². The fraction of sp³-hybridized carbons (Fsp3) is 0.246. The van der Waals surface area contributed by atoms with Crippen LogP contribution < -0.4 is 62.5 Å². The van der Waals surface area contributed by atoms with Gasteiger partial charge in [-0.1, -0.05) is 47.5 Å². The number of hydrogen-bond donors (Lipinski definition) is 21. The molecule has 109 heavy (non-hydrogen) atoms. The highest BCUT2D eigenvalue weighted by molar-refractivity contribution is 6.32. The standard InChI is InChI=1S/C67H60Cl2N10O23.C2HF3O2/c1-23(81)72-53-57(89)56(88)46(22-80)101-66(53)102-58-27-5-9-42(36(69)15-27)100-45-18-29-17-44(55(45)87)99-41-8-2-24(10-35(41)68)11-37-59(90)74-50(28-12-30(82)19-32(13-28)98-43-16-26(4-7-39(43)85)49(60(91)73-37)79-67(70)71)62(93)76-51(29)63(94)75-48-25-3-6-38(84)33(14-25)47-34(20-31(83)21-40(47)86)52(65(96)97)77-64(95)54(58)78-61(48)92;3-2(4,5)1(6)7/h2-10,12-21,37,46,48-54,56-58,66,80,82-89H,11,22H2,1H3,(H,72,81)(H,73,91)(H,74,90)(H,75,94)(H,76,93)(H,77,95)(H,78,92)(H,96,97)(H4,70,71,79);(H,6,7)/t37-,46+,48+,49+,50-,51+,52+,53+,54-,56+,57+,58+,66-;/m0./s1. The molecule has 0 aromatic heterocycles. The Balaban J connectivity index is 0.00000161. The number of carbonyl (C=O) groups excluding carboxylic acids is 7. The van der Waals surface area contributed by atoms with E-state index in [1.54, 1.807) is 0 Å². The first kappa shape index (κ1) is 77.5. The predicted molar refractivity (Wildman–Crippen MR) is 364 cm³/mol. The van der Waals surface area contributed by atoms with Crippen molar-refractivity contribution in [1.29, 1.82) is 5.41 Å². The summed E-state index contributed by atoms with van der Waals surface area (Å²) in [5.74, 6) is -21.0. The Morgan fingerprint density at radius 2 is 1.17 bits per heavy atom. The number of nitrogens with one attached hydrogen (secondary N) is 9. The number of aliphatic carboxylic acids is 2. The van der Waals surface area contributed by atoms with E-state index < -0.39 is 231 Å². The number of aliphatic hydroxyl groups is 3. The lowest BCUT2D eigenvalue weighted by Crippen LogP contribution is -2.65. The first-order valence-corrected chi connectivity index (χ1v) is 32.8. The summed E-state index contributed by atoms with van der Waals surface area (Å²) in [5, 5.41) is 148. The van der Waals surface area contributed by atoms with E-state index in [1.807, 2.05) is 0 Å². The molecule has 0 saturated carbocycles. The van der Waals surface area contributed by atoms with Gasteiger partial charge in [0.1, 0.15) is 107 Å². The molecule has 7 aromatic rings. The number of guanidine groups is 1. The van der Waals surface area contributed by atoms with Gasteiger partial charge < -0.3 is 128 Å². The average molecular weight is 1560 g/mol. The first-order chi connectivity index (χ1) is 51.4. The summed E-state index contributed by atoms with van der Waals surface area (Å²) >= 11 is 14.1. The molecule has 22 N–H and O–H groups in total. The zero-order valence-corrected chi connectivity index (χ0v) is 57.0. The largest absolute Gasteiger partial charge is 0.508 e. The number of amides is 7. The maximum atomic E-state index is 16.1. The number of carboxylic acids is 2. The van der Waals surface area contributed by atoms with Gasteiger partial charge in [-0.15, -0.1) is 0 Å². The molecular weight excluding hydrogens is 1500 g/mol. The number of alkyl halides is 3. The molecule has 7 aromatic carbocycles. The van der Waals surface area contributed by atoms with Crippen LogP contribution in [0.15, 0.2) is 115 Å². The molecule has 13 atom stereocenters. The third-order valence-electron chi connectivity index (χ3n) is 17.4. The molecule has 7 amide bonds. The molecule has 7 aliphatic rings. The summed E-state index contributed by atoms with van der Waals surface area (Å²) in [6.07, 6.45) is -15.4. The van der Waals surface area contributed by atoms with Crippen LogP contribution in [-0.2, 0) is 59.0 Å². The third-order valence-corrected chi connectivity index (χ3v) is 18.0. The van der Waals surface area contributed by atoms with Gasteiger partial charge in [0.25, 0.3) is 0 Å². The van der Waals surface area contributed by atoms with Crippen molar-refractivity contribution in [2.75, 3.05) is 6.61 Å². The molecule has 0 radical (unpaired) electrons. The number of benzene rings is 7. The van der Waals surface area contributed by atoms with Crippen molar-refractivity contribution in [3.05, 3.63) is 164 Å². The van der Waals surface area contributed by atoms with Crippen molar-refractivity contribution in [2.24, 2.45) is 5.73 Å². The number of phenolic OH excluding ortho intramolecular Hbond substituents is 6. The van der Waals surface area contributed by atoms with Crippen molar-refractivity contribution in [3.63, 3.8) is 0 Å². The Morgan fingerprint density at radius 3 is 1.77 bits per heavy atom. The van der Waals surface area contributed by atoms with E-state index in [1.165, 1.54) is 36.4 Å². The van der Waals surface area contributed by atoms with Gasteiger partial charge >= 0.3 is 18.1 Å². The van der Waals surface area contributed by atoms with E-state index in [0.29, 0.717) is 0 Å². The summed E-state index contributed by atoms with van der Waals surface area (Å²) in [4.78, 5) is 129. The summed E-state index contributed by atoms with van der Waals surface area (Å²) in [6.45, 7) is 0.0115. The Hall–Kier alpha value is -12.6. The van der Waals surface area contributed by atoms with E-state index in [-0.39, 0.29) is 55.8 Å². The van der Waals surface area contributed by atoms with Gasteiger partial charge in [-0.25, -0.2) is 9.59 Å². The second-order valence-electron chi connectivity index (χ2n) is 25.0. The number of halogens is 5. The predicted octanol–water partition coefficient (Wildman–Crippen LogP) is 3.11. The molecule has 7 aliphatic heterocycles. The quantitative estimate of drug-likeness (QED) is 0.0840. The molecule has 0 spiro atoms. The average Bonchev–Trinajstić information content (AvgIpc) is 0.765. The Bertz CT molecular complexity index is 4900. The molecule has 17 bridgehead atoms. The second-order valence-corrected chi connectivity index (χ2v) is 25.8. The lowest BCUT2D eigenvalue weighted by Gasteiger charge is -2.44. The van der Waals surface area contributed by atoms with Crippen molar-refractivity contribution in [2.45, 2.75) is 98.6 Å². The lowest BCUT2D eigenvalue weighted by molar-refractivity contribution is -0.284. The summed E-state index contributed by atoms with van der Waals surface area (Å²) in [6, 6.07) is 4.38. The maximum Gasteiger partial charge on any atom is 0.490 e. The molecule has 1 fully saturated rings. The molecule has 0 aliphatic carbocycles. The highest BCUT2D eigenvalue weighted by atomic mass is 35.5. The van der Waals surface area contributed by atoms with Crippen molar-refractivity contribution < 1.29 is 136 Å². The summed E-state index contributed by atoms with van der Waals surface area (Å²) in [5.41, 5.74) is 2.96. The monoisotopic (exact) mass is 1560 g/mol. The van der Waals surface area contributed by atoms with Gasteiger partial charge in [0.15, 0.2) is 41.3 Å². The van der Waals surface area contributed by atoms with Crippen LogP contribution in [0.2, 0.25) is 10.0 Å².